The molecule has 0 saturated carbocycles. The van der Waals surface area contributed by atoms with Crippen LogP contribution in [0.4, 0.5) is 0 Å². The first-order chi connectivity index (χ1) is 16.6. The number of aromatic nitrogens is 2. The molecule has 7 heteroatoms. The van der Waals surface area contributed by atoms with Crippen LogP contribution in [0.25, 0.3) is 11.0 Å². The molecule has 1 aromatic heterocycles. The van der Waals surface area contributed by atoms with Crippen LogP contribution in [0.3, 0.4) is 0 Å². The second-order valence-electron chi connectivity index (χ2n) is 8.42. The smallest absolute Gasteiger partial charge is 0.290 e. The zero-order valence-corrected chi connectivity index (χ0v) is 19.8. The van der Waals surface area contributed by atoms with Gasteiger partial charge in [0.1, 0.15) is 12.4 Å². The molecule has 0 unspecified atom stereocenters. The van der Waals surface area contributed by atoms with E-state index in [1.54, 1.807) is 17.0 Å². The van der Waals surface area contributed by atoms with Crippen molar-refractivity contribution in [3.63, 3.8) is 0 Å². The van der Waals surface area contributed by atoms with E-state index in [4.69, 9.17) is 21.1 Å². The largest absolute Gasteiger partial charge is 0.491 e. The minimum absolute atomic E-state index is 0.141. The highest BCUT2D eigenvalue weighted by molar-refractivity contribution is 6.31. The van der Waals surface area contributed by atoms with Crippen LogP contribution in [0.15, 0.2) is 66.7 Å². The maximum atomic E-state index is 13.6. The quantitative estimate of drug-likeness (QED) is 0.394. The fourth-order valence-electron chi connectivity index (χ4n) is 4.31. The van der Waals surface area contributed by atoms with Crippen LogP contribution >= 0.6 is 11.6 Å². The Balaban J connectivity index is 1.46. The van der Waals surface area contributed by atoms with Crippen LogP contribution < -0.4 is 4.74 Å². The SMILES string of the molecule is Cn1c(C(=O)N2CCOCCOc3ccccc3Cc3cccc(c3)C2)nc2cc(Cl)ccc21. The number of rotatable bonds is 1. The van der Waals surface area contributed by atoms with Crippen molar-refractivity contribution in [3.05, 3.63) is 94.3 Å². The third-order valence-corrected chi connectivity index (χ3v) is 6.28. The molecule has 1 aliphatic heterocycles. The van der Waals surface area contributed by atoms with E-state index in [1.807, 2.05) is 48.0 Å². The number of para-hydroxylation sites is 1. The molecule has 1 aliphatic rings. The molecule has 0 atom stereocenters. The van der Waals surface area contributed by atoms with E-state index >= 15 is 0 Å². The lowest BCUT2D eigenvalue weighted by Crippen LogP contribution is -2.35. The maximum absolute atomic E-state index is 13.6. The number of nitrogens with zero attached hydrogens (tertiary/aromatic N) is 3. The number of aryl methyl sites for hydroxylation is 1. The summed E-state index contributed by atoms with van der Waals surface area (Å²) in [6.45, 7) is 2.23. The lowest BCUT2D eigenvalue weighted by molar-refractivity contribution is 0.0560. The van der Waals surface area contributed by atoms with Gasteiger partial charge in [-0.3, -0.25) is 4.79 Å². The molecule has 0 spiro atoms. The standard InChI is InChI=1S/C27H26ClN3O3/c1-30-24-10-9-22(28)17-23(24)29-26(30)27(32)31-11-12-33-13-14-34-25-8-3-2-7-21(25)16-19-5-4-6-20(15-19)18-31/h2-10,15,17H,11-14,16,18H2,1H3. The minimum atomic E-state index is -0.141. The fraction of sp³-hybridized carbons (Fsp3) is 0.259. The van der Waals surface area contributed by atoms with Crippen molar-refractivity contribution < 1.29 is 14.3 Å². The summed E-state index contributed by atoms with van der Waals surface area (Å²) in [4.78, 5) is 20.0. The van der Waals surface area contributed by atoms with E-state index in [0.717, 1.165) is 28.8 Å². The Hall–Kier alpha value is -3.35. The average Bonchev–Trinajstić information content (AvgIpc) is 3.16. The fourth-order valence-corrected chi connectivity index (χ4v) is 4.48. The normalized spacial score (nSPS) is 14.8. The summed E-state index contributed by atoms with van der Waals surface area (Å²) in [6.07, 6.45) is 0.754. The van der Waals surface area contributed by atoms with E-state index < -0.39 is 0 Å². The number of benzene rings is 3. The highest BCUT2D eigenvalue weighted by atomic mass is 35.5. The molecule has 0 aliphatic carbocycles. The number of amides is 1. The summed E-state index contributed by atoms with van der Waals surface area (Å²) in [7, 11) is 1.85. The first-order valence-electron chi connectivity index (χ1n) is 11.4. The van der Waals surface area contributed by atoms with Crippen LogP contribution in [0.5, 0.6) is 5.75 Å². The van der Waals surface area contributed by atoms with Crippen molar-refractivity contribution in [2.45, 2.75) is 13.0 Å². The van der Waals surface area contributed by atoms with Gasteiger partial charge in [0, 0.05) is 31.6 Å². The van der Waals surface area contributed by atoms with Gasteiger partial charge in [-0.1, -0.05) is 54.1 Å². The molecule has 0 saturated heterocycles. The molecular formula is C27H26ClN3O3. The van der Waals surface area contributed by atoms with Crippen LogP contribution in [0.2, 0.25) is 5.02 Å². The molecule has 5 rings (SSSR count). The highest BCUT2D eigenvalue weighted by Crippen LogP contribution is 2.24. The summed E-state index contributed by atoms with van der Waals surface area (Å²) in [5, 5.41) is 0.594. The number of carbonyl (C=O) groups excluding carboxylic acids is 1. The third kappa shape index (κ3) is 4.79. The van der Waals surface area contributed by atoms with Gasteiger partial charge >= 0.3 is 0 Å². The Kier molecular flexibility index (Phi) is 6.52. The number of fused-ring (bicyclic) bond motifs is 4. The van der Waals surface area contributed by atoms with E-state index in [-0.39, 0.29) is 5.91 Å². The van der Waals surface area contributed by atoms with Crippen LogP contribution in [0, 0.1) is 0 Å². The van der Waals surface area contributed by atoms with Crippen molar-refractivity contribution in [1.29, 1.82) is 0 Å². The summed E-state index contributed by atoms with van der Waals surface area (Å²) in [6, 6.07) is 21.9. The molecule has 174 valence electrons. The number of imidazole rings is 1. The van der Waals surface area contributed by atoms with Crippen LogP contribution in [-0.2, 0) is 24.8 Å². The van der Waals surface area contributed by atoms with Gasteiger partial charge in [-0.05, 0) is 41.0 Å². The Morgan fingerprint density at radius 1 is 0.971 bits per heavy atom. The van der Waals surface area contributed by atoms with E-state index in [2.05, 4.69) is 23.2 Å². The summed E-state index contributed by atoms with van der Waals surface area (Å²) in [5.74, 6) is 1.12. The first kappa shape index (κ1) is 22.4. The first-order valence-corrected chi connectivity index (χ1v) is 11.7. The zero-order valence-electron chi connectivity index (χ0n) is 19.0. The summed E-state index contributed by atoms with van der Waals surface area (Å²) in [5.41, 5.74) is 4.93. The monoisotopic (exact) mass is 475 g/mol. The summed E-state index contributed by atoms with van der Waals surface area (Å²) >= 11 is 6.13. The van der Waals surface area contributed by atoms with Crippen molar-refractivity contribution >= 4 is 28.5 Å². The summed E-state index contributed by atoms with van der Waals surface area (Å²) < 4.78 is 13.6. The molecule has 2 heterocycles. The maximum Gasteiger partial charge on any atom is 0.290 e. The topological polar surface area (TPSA) is 56.6 Å². The lowest BCUT2D eigenvalue weighted by atomic mass is 10.0. The van der Waals surface area contributed by atoms with Gasteiger partial charge in [0.15, 0.2) is 5.82 Å². The molecule has 0 fully saturated rings. The minimum Gasteiger partial charge on any atom is -0.491 e. The molecule has 0 N–H and O–H groups in total. The molecule has 4 aromatic rings. The Morgan fingerprint density at radius 3 is 2.74 bits per heavy atom. The number of halogens is 1. The predicted molar refractivity (Wildman–Crippen MR) is 132 cm³/mol. The van der Waals surface area contributed by atoms with Crippen molar-refractivity contribution in [1.82, 2.24) is 14.5 Å². The number of carbonyl (C=O) groups is 1. The average molecular weight is 476 g/mol. The van der Waals surface area contributed by atoms with Gasteiger partial charge in [0.05, 0.1) is 24.2 Å². The van der Waals surface area contributed by atoms with Gasteiger partial charge in [-0.25, -0.2) is 4.98 Å². The Bertz CT molecular complexity index is 1330. The third-order valence-electron chi connectivity index (χ3n) is 6.04. The van der Waals surface area contributed by atoms with Gasteiger partial charge < -0.3 is 18.9 Å². The van der Waals surface area contributed by atoms with E-state index in [1.165, 1.54) is 5.56 Å². The van der Waals surface area contributed by atoms with Crippen LogP contribution in [-0.4, -0.2) is 46.7 Å². The second kappa shape index (κ2) is 9.87. The second-order valence-corrected chi connectivity index (χ2v) is 8.86. The predicted octanol–water partition coefficient (Wildman–Crippen LogP) is 4.87. The number of hydrogen-bond donors (Lipinski definition) is 0. The van der Waals surface area contributed by atoms with Crippen LogP contribution in [0.1, 0.15) is 27.3 Å². The van der Waals surface area contributed by atoms with Gasteiger partial charge in [-0.2, -0.15) is 0 Å². The zero-order chi connectivity index (χ0) is 23.5. The van der Waals surface area contributed by atoms with Gasteiger partial charge in [-0.15, -0.1) is 0 Å². The van der Waals surface area contributed by atoms with Crippen molar-refractivity contribution in [2.75, 3.05) is 26.4 Å². The molecule has 6 nitrogen and oxygen atoms in total. The lowest BCUT2D eigenvalue weighted by Gasteiger charge is -2.23. The molecule has 0 radical (unpaired) electrons. The molecular weight excluding hydrogens is 450 g/mol. The van der Waals surface area contributed by atoms with E-state index in [0.29, 0.717) is 49.3 Å². The Labute approximate surface area is 203 Å². The molecule has 1 amide bonds. The number of ether oxygens (including phenoxy) is 2. The van der Waals surface area contributed by atoms with Crippen molar-refractivity contribution in [2.24, 2.45) is 7.05 Å². The van der Waals surface area contributed by atoms with Gasteiger partial charge in [0.2, 0.25) is 0 Å². The number of hydrogen-bond acceptors (Lipinski definition) is 4. The van der Waals surface area contributed by atoms with Gasteiger partial charge in [0.25, 0.3) is 5.91 Å². The van der Waals surface area contributed by atoms with Crippen molar-refractivity contribution in [3.8, 4) is 5.75 Å². The Morgan fingerprint density at radius 2 is 1.82 bits per heavy atom. The molecule has 34 heavy (non-hydrogen) atoms. The highest BCUT2D eigenvalue weighted by Gasteiger charge is 2.22. The van der Waals surface area contributed by atoms with E-state index in [9.17, 15) is 4.79 Å². The molecule has 2 bridgehead atoms. The molecule has 3 aromatic carbocycles.